The van der Waals surface area contributed by atoms with Gasteiger partial charge in [0.25, 0.3) is 5.78 Å². The minimum absolute atomic E-state index is 0.0423. The van der Waals surface area contributed by atoms with Gasteiger partial charge in [-0.15, -0.1) is 0 Å². The van der Waals surface area contributed by atoms with Gasteiger partial charge < -0.3 is 0 Å². The predicted molar refractivity (Wildman–Crippen MR) is 54.2 cm³/mol. The SMILES string of the molecule is Cc1cc(Br)c(Cl)c(C(=O)C(F)(F)F)c1F. The fraction of sp³-hybridized carbons (Fsp3) is 0.222. The van der Waals surface area contributed by atoms with Crippen LogP contribution in [0.25, 0.3) is 0 Å². The number of carbonyl (C=O) groups excluding carboxylic acids is 1. The number of Topliss-reactive ketones (excluding diaryl/α,β-unsaturated/α-hetero) is 1. The smallest absolute Gasteiger partial charge is 0.284 e. The summed E-state index contributed by atoms with van der Waals surface area (Å²) in [5.41, 5.74) is -1.25. The quantitative estimate of drug-likeness (QED) is 0.428. The number of aryl methyl sites for hydroxylation is 1. The van der Waals surface area contributed by atoms with Gasteiger partial charge in [-0.05, 0) is 34.5 Å². The molecule has 0 aromatic heterocycles. The van der Waals surface area contributed by atoms with Crippen molar-refractivity contribution in [3.63, 3.8) is 0 Å². The molecule has 88 valence electrons. The van der Waals surface area contributed by atoms with Crippen LogP contribution in [0.3, 0.4) is 0 Å². The van der Waals surface area contributed by atoms with Crippen LogP contribution in [-0.2, 0) is 0 Å². The minimum atomic E-state index is -5.16. The second kappa shape index (κ2) is 4.33. The van der Waals surface area contributed by atoms with E-state index in [1.807, 2.05) is 0 Å². The van der Waals surface area contributed by atoms with Crippen molar-refractivity contribution in [3.05, 3.63) is 32.5 Å². The van der Waals surface area contributed by atoms with Crippen molar-refractivity contribution in [2.45, 2.75) is 13.1 Å². The summed E-state index contributed by atoms with van der Waals surface area (Å²) in [6.07, 6.45) is -5.16. The summed E-state index contributed by atoms with van der Waals surface area (Å²) in [5, 5.41) is -0.578. The molecule has 0 bridgehead atoms. The summed E-state index contributed by atoms with van der Waals surface area (Å²) in [6, 6.07) is 1.20. The number of ketones is 1. The number of carbonyl (C=O) groups is 1. The highest BCUT2D eigenvalue weighted by Crippen LogP contribution is 2.34. The number of benzene rings is 1. The first-order valence-corrected chi connectivity index (χ1v) is 5.09. The Morgan fingerprint density at radius 1 is 1.44 bits per heavy atom. The van der Waals surface area contributed by atoms with E-state index in [0.717, 1.165) is 0 Å². The molecule has 0 amide bonds. The molecule has 0 saturated heterocycles. The van der Waals surface area contributed by atoms with Gasteiger partial charge in [-0.25, -0.2) is 4.39 Å². The van der Waals surface area contributed by atoms with E-state index in [2.05, 4.69) is 15.9 Å². The van der Waals surface area contributed by atoms with Gasteiger partial charge in [0.2, 0.25) is 0 Å². The molecule has 0 radical (unpaired) electrons. The van der Waals surface area contributed by atoms with Crippen molar-refractivity contribution in [2.24, 2.45) is 0 Å². The van der Waals surface area contributed by atoms with Crippen molar-refractivity contribution in [1.82, 2.24) is 0 Å². The first-order chi connectivity index (χ1) is 7.16. The summed E-state index contributed by atoms with van der Waals surface area (Å²) < 4.78 is 49.9. The van der Waals surface area contributed by atoms with Gasteiger partial charge in [0.1, 0.15) is 5.82 Å². The fourth-order valence-corrected chi connectivity index (χ4v) is 1.84. The highest BCUT2D eigenvalue weighted by atomic mass is 79.9. The van der Waals surface area contributed by atoms with Crippen LogP contribution in [0.4, 0.5) is 17.6 Å². The third kappa shape index (κ3) is 2.38. The molecule has 0 fully saturated rings. The summed E-state index contributed by atoms with van der Waals surface area (Å²) >= 11 is 8.31. The van der Waals surface area contributed by atoms with Crippen LogP contribution in [0.5, 0.6) is 0 Å². The largest absolute Gasteiger partial charge is 0.455 e. The van der Waals surface area contributed by atoms with Gasteiger partial charge in [-0.3, -0.25) is 4.79 Å². The Morgan fingerprint density at radius 2 is 1.94 bits per heavy atom. The summed E-state index contributed by atoms with van der Waals surface area (Å²) in [6.45, 7) is 1.24. The maximum atomic E-state index is 13.4. The maximum Gasteiger partial charge on any atom is 0.455 e. The Balaban J connectivity index is 3.50. The van der Waals surface area contributed by atoms with Crippen LogP contribution in [-0.4, -0.2) is 12.0 Å². The van der Waals surface area contributed by atoms with E-state index in [0.29, 0.717) is 0 Å². The molecule has 7 heteroatoms. The van der Waals surface area contributed by atoms with Crippen molar-refractivity contribution < 1.29 is 22.4 Å². The lowest BCUT2D eigenvalue weighted by molar-refractivity contribution is -0.0887. The zero-order valence-electron chi connectivity index (χ0n) is 7.75. The molecule has 0 unspecified atom stereocenters. The predicted octanol–water partition coefficient (Wildman–Crippen LogP) is 4.30. The first kappa shape index (κ1) is 13.4. The first-order valence-electron chi connectivity index (χ1n) is 3.92. The molecule has 1 nitrogen and oxygen atoms in total. The van der Waals surface area contributed by atoms with Crippen molar-refractivity contribution in [1.29, 1.82) is 0 Å². The third-order valence-electron chi connectivity index (χ3n) is 1.82. The fourth-order valence-electron chi connectivity index (χ4n) is 1.07. The Morgan fingerprint density at radius 3 is 2.38 bits per heavy atom. The molecule has 0 aliphatic heterocycles. The van der Waals surface area contributed by atoms with Gasteiger partial charge in [-0.1, -0.05) is 11.6 Å². The number of alkyl halides is 3. The van der Waals surface area contributed by atoms with Crippen LogP contribution in [0, 0.1) is 12.7 Å². The molecule has 1 aromatic carbocycles. The molecular weight excluding hydrogens is 315 g/mol. The second-order valence-corrected chi connectivity index (χ2v) is 4.24. The molecule has 0 spiro atoms. The van der Waals surface area contributed by atoms with E-state index in [-0.39, 0.29) is 10.0 Å². The highest BCUT2D eigenvalue weighted by molar-refractivity contribution is 9.10. The molecule has 0 N–H and O–H groups in total. The standard InChI is InChI=1S/C9H4BrClF4O/c1-3-2-4(10)6(11)5(7(3)12)8(16)9(13,14)15/h2H,1H3. The molecule has 0 aliphatic carbocycles. The van der Waals surface area contributed by atoms with E-state index in [1.54, 1.807) is 0 Å². The zero-order chi connectivity index (χ0) is 12.7. The normalized spacial score (nSPS) is 11.7. The van der Waals surface area contributed by atoms with Gasteiger partial charge in [-0.2, -0.15) is 13.2 Å². The van der Waals surface area contributed by atoms with E-state index >= 15 is 0 Å². The van der Waals surface area contributed by atoms with Gasteiger partial charge in [0.05, 0.1) is 10.6 Å². The third-order valence-corrected chi connectivity index (χ3v) is 3.07. The van der Waals surface area contributed by atoms with Gasteiger partial charge in [0, 0.05) is 4.47 Å². The van der Waals surface area contributed by atoms with Crippen LogP contribution < -0.4 is 0 Å². The number of rotatable bonds is 1. The van der Waals surface area contributed by atoms with E-state index in [4.69, 9.17) is 11.6 Å². The van der Waals surface area contributed by atoms with Crippen LogP contribution in [0.2, 0.25) is 5.02 Å². The number of hydrogen-bond donors (Lipinski definition) is 0. The summed E-state index contributed by atoms with van der Waals surface area (Å²) in [5.74, 6) is -3.55. The average Bonchev–Trinajstić information content (AvgIpc) is 2.13. The summed E-state index contributed by atoms with van der Waals surface area (Å²) in [4.78, 5) is 10.9. The Kier molecular flexibility index (Phi) is 3.64. The lowest BCUT2D eigenvalue weighted by Crippen LogP contribution is -2.24. The average molecular weight is 319 g/mol. The van der Waals surface area contributed by atoms with E-state index < -0.39 is 28.4 Å². The van der Waals surface area contributed by atoms with Crippen LogP contribution in [0.15, 0.2) is 10.5 Å². The van der Waals surface area contributed by atoms with Gasteiger partial charge >= 0.3 is 6.18 Å². The molecule has 16 heavy (non-hydrogen) atoms. The molecular formula is C9H4BrClF4O. The molecule has 1 rings (SSSR count). The van der Waals surface area contributed by atoms with Crippen molar-refractivity contribution in [2.75, 3.05) is 0 Å². The second-order valence-electron chi connectivity index (χ2n) is 3.01. The molecule has 0 atom stereocenters. The molecule has 0 saturated carbocycles. The lowest BCUT2D eigenvalue weighted by atomic mass is 10.1. The monoisotopic (exact) mass is 318 g/mol. The topological polar surface area (TPSA) is 17.1 Å². The van der Waals surface area contributed by atoms with Crippen molar-refractivity contribution >= 4 is 33.3 Å². The van der Waals surface area contributed by atoms with E-state index in [1.165, 1.54) is 13.0 Å². The zero-order valence-corrected chi connectivity index (χ0v) is 10.1. The van der Waals surface area contributed by atoms with Gasteiger partial charge in [0.15, 0.2) is 0 Å². The Labute approximate surface area is 102 Å². The molecule has 0 heterocycles. The van der Waals surface area contributed by atoms with Crippen LogP contribution in [0.1, 0.15) is 15.9 Å². The minimum Gasteiger partial charge on any atom is -0.284 e. The molecule has 1 aromatic rings. The Hall–Kier alpha value is -0.620. The highest BCUT2D eigenvalue weighted by Gasteiger charge is 2.42. The van der Waals surface area contributed by atoms with Crippen LogP contribution >= 0.6 is 27.5 Å². The van der Waals surface area contributed by atoms with E-state index in [9.17, 15) is 22.4 Å². The lowest BCUT2D eigenvalue weighted by Gasteiger charge is -2.11. The molecule has 0 aliphatic rings. The number of hydrogen-bond acceptors (Lipinski definition) is 1. The van der Waals surface area contributed by atoms with Crippen molar-refractivity contribution in [3.8, 4) is 0 Å². The maximum absolute atomic E-state index is 13.4. The number of halogens is 6. The summed E-state index contributed by atoms with van der Waals surface area (Å²) in [7, 11) is 0. The Bertz CT molecular complexity index is 430.